The molecule has 92 valence electrons. The lowest BCUT2D eigenvalue weighted by molar-refractivity contribution is 0.783. The van der Waals surface area contributed by atoms with Gasteiger partial charge in [-0.25, -0.2) is 0 Å². The van der Waals surface area contributed by atoms with Crippen LogP contribution in [0.3, 0.4) is 0 Å². The number of nitrogens with two attached hydrogens (primary N) is 1. The summed E-state index contributed by atoms with van der Waals surface area (Å²) in [5.74, 6) is 0.722. The van der Waals surface area contributed by atoms with Crippen LogP contribution in [0.15, 0.2) is 29.0 Å². The van der Waals surface area contributed by atoms with Crippen molar-refractivity contribution in [3.8, 4) is 21.0 Å². The molecule has 18 heavy (non-hydrogen) atoms. The van der Waals surface area contributed by atoms with Crippen molar-refractivity contribution in [3.63, 3.8) is 0 Å². The molecule has 0 bridgehead atoms. The number of nitrogen functional groups attached to an aromatic ring is 1. The van der Waals surface area contributed by atoms with E-state index in [2.05, 4.69) is 34.9 Å². The van der Waals surface area contributed by atoms with Crippen LogP contribution in [0.2, 0.25) is 0 Å². The monoisotopic (exact) mass is 275 g/mol. The highest BCUT2D eigenvalue weighted by atomic mass is 32.1. The molecule has 0 unspecified atom stereocenters. The van der Waals surface area contributed by atoms with Crippen LogP contribution in [0, 0.1) is 6.92 Å². The van der Waals surface area contributed by atoms with E-state index in [4.69, 9.17) is 5.73 Å². The van der Waals surface area contributed by atoms with Gasteiger partial charge < -0.3 is 5.73 Å². The molecule has 0 fully saturated rings. The second-order valence-electron chi connectivity index (χ2n) is 4.14. The summed E-state index contributed by atoms with van der Waals surface area (Å²) in [5, 5.41) is 8.73. The van der Waals surface area contributed by atoms with Crippen LogP contribution in [0.4, 0.5) is 5.82 Å². The Hall–Kier alpha value is -1.59. The van der Waals surface area contributed by atoms with E-state index in [1.165, 1.54) is 15.3 Å². The van der Waals surface area contributed by atoms with Gasteiger partial charge in [0, 0.05) is 11.9 Å². The summed E-state index contributed by atoms with van der Waals surface area (Å²) in [7, 11) is 1.89. The van der Waals surface area contributed by atoms with Crippen molar-refractivity contribution in [1.29, 1.82) is 0 Å². The molecule has 0 saturated heterocycles. The van der Waals surface area contributed by atoms with E-state index in [1.54, 1.807) is 27.4 Å². The Morgan fingerprint density at radius 3 is 2.67 bits per heavy atom. The number of hydrogen-bond donors (Lipinski definition) is 1. The third kappa shape index (κ3) is 1.67. The standard InChI is InChI=1S/C13H13N3S2/c1-8-5-7-18-12(8)11-10(9-4-3-6-17-9)13(14)16(2)15-11/h3-7H,14H2,1-2H3. The van der Waals surface area contributed by atoms with E-state index in [9.17, 15) is 0 Å². The number of rotatable bonds is 2. The van der Waals surface area contributed by atoms with Crippen molar-refractivity contribution in [3.05, 3.63) is 34.5 Å². The number of nitrogens with zero attached hydrogens (tertiary/aromatic N) is 2. The third-order valence-corrected chi connectivity index (χ3v) is 4.85. The second kappa shape index (κ2) is 4.26. The van der Waals surface area contributed by atoms with Crippen molar-refractivity contribution in [2.45, 2.75) is 6.92 Å². The number of aryl methyl sites for hydroxylation is 2. The fraction of sp³-hybridized carbons (Fsp3) is 0.154. The SMILES string of the molecule is Cc1ccsc1-c1nn(C)c(N)c1-c1cccs1. The molecule has 0 aromatic carbocycles. The van der Waals surface area contributed by atoms with Gasteiger partial charge in [-0.05, 0) is 35.4 Å². The minimum absolute atomic E-state index is 0.722. The first kappa shape index (κ1) is 11.5. The minimum atomic E-state index is 0.722. The zero-order valence-corrected chi connectivity index (χ0v) is 11.8. The van der Waals surface area contributed by atoms with E-state index in [1.807, 2.05) is 13.1 Å². The first-order chi connectivity index (χ1) is 8.68. The molecule has 0 aliphatic rings. The van der Waals surface area contributed by atoms with Crippen molar-refractivity contribution >= 4 is 28.5 Å². The summed E-state index contributed by atoms with van der Waals surface area (Å²) >= 11 is 3.40. The van der Waals surface area contributed by atoms with Gasteiger partial charge in [0.05, 0.1) is 10.4 Å². The molecule has 0 spiro atoms. The maximum Gasteiger partial charge on any atom is 0.130 e. The summed E-state index contributed by atoms with van der Waals surface area (Å²) in [4.78, 5) is 2.37. The normalized spacial score (nSPS) is 11.0. The Labute approximate surface area is 114 Å². The lowest BCUT2D eigenvalue weighted by Crippen LogP contribution is -1.97. The summed E-state index contributed by atoms with van der Waals surface area (Å²) < 4.78 is 1.75. The highest BCUT2D eigenvalue weighted by molar-refractivity contribution is 7.14. The van der Waals surface area contributed by atoms with Crippen molar-refractivity contribution in [2.24, 2.45) is 7.05 Å². The van der Waals surface area contributed by atoms with E-state index in [0.29, 0.717) is 0 Å². The molecule has 0 radical (unpaired) electrons. The van der Waals surface area contributed by atoms with Crippen molar-refractivity contribution < 1.29 is 0 Å². The quantitative estimate of drug-likeness (QED) is 0.773. The number of aromatic nitrogens is 2. The van der Waals surface area contributed by atoms with Gasteiger partial charge in [-0.2, -0.15) is 5.10 Å². The Morgan fingerprint density at radius 2 is 2.06 bits per heavy atom. The van der Waals surface area contributed by atoms with E-state index < -0.39 is 0 Å². The second-order valence-corrected chi connectivity index (χ2v) is 6.01. The van der Waals surface area contributed by atoms with E-state index in [-0.39, 0.29) is 0 Å². The summed E-state index contributed by atoms with van der Waals surface area (Å²) in [5.41, 5.74) is 9.45. The van der Waals surface area contributed by atoms with Crippen LogP contribution in [-0.2, 0) is 7.05 Å². The fourth-order valence-corrected chi connectivity index (χ4v) is 3.67. The largest absolute Gasteiger partial charge is 0.383 e. The van der Waals surface area contributed by atoms with Gasteiger partial charge >= 0.3 is 0 Å². The Kier molecular flexibility index (Phi) is 2.72. The maximum absolute atomic E-state index is 6.16. The number of thiophene rings is 2. The van der Waals surface area contributed by atoms with Gasteiger partial charge in [-0.3, -0.25) is 4.68 Å². The maximum atomic E-state index is 6.16. The lowest BCUT2D eigenvalue weighted by Gasteiger charge is -2.00. The topological polar surface area (TPSA) is 43.8 Å². The van der Waals surface area contributed by atoms with Crippen molar-refractivity contribution in [2.75, 3.05) is 5.73 Å². The Morgan fingerprint density at radius 1 is 1.22 bits per heavy atom. The molecule has 0 aliphatic carbocycles. The summed E-state index contributed by atoms with van der Waals surface area (Å²) in [6, 6.07) is 6.24. The molecule has 0 saturated carbocycles. The molecule has 3 heterocycles. The van der Waals surface area contributed by atoms with Crippen LogP contribution in [0.5, 0.6) is 0 Å². The number of hydrogen-bond acceptors (Lipinski definition) is 4. The molecule has 0 amide bonds. The van der Waals surface area contributed by atoms with Gasteiger partial charge in [0.15, 0.2) is 0 Å². The zero-order valence-electron chi connectivity index (χ0n) is 10.2. The fourth-order valence-electron chi connectivity index (χ4n) is 1.97. The predicted octanol–water partition coefficient (Wildman–Crippen LogP) is 3.77. The molecule has 2 N–H and O–H groups in total. The first-order valence-corrected chi connectivity index (χ1v) is 7.35. The van der Waals surface area contributed by atoms with Crippen LogP contribution >= 0.6 is 22.7 Å². The molecule has 0 atom stereocenters. The average Bonchev–Trinajstić information content (AvgIpc) is 3.02. The van der Waals surface area contributed by atoms with Crippen LogP contribution in [-0.4, -0.2) is 9.78 Å². The van der Waals surface area contributed by atoms with Gasteiger partial charge in [-0.1, -0.05) is 6.07 Å². The third-order valence-electron chi connectivity index (χ3n) is 2.94. The van der Waals surface area contributed by atoms with Crippen molar-refractivity contribution in [1.82, 2.24) is 9.78 Å². The van der Waals surface area contributed by atoms with E-state index >= 15 is 0 Å². The smallest absolute Gasteiger partial charge is 0.130 e. The van der Waals surface area contributed by atoms with Gasteiger partial charge in [0.25, 0.3) is 0 Å². The molecular formula is C13H13N3S2. The summed E-state index contributed by atoms with van der Waals surface area (Å²) in [6.45, 7) is 2.11. The number of anilines is 1. The average molecular weight is 275 g/mol. The van der Waals surface area contributed by atoms with Crippen LogP contribution in [0.1, 0.15) is 5.56 Å². The predicted molar refractivity (Wildman–Crippen MR) is 79.0 cm³/mol. The van der Waals surface area contributed by atoms with Gasteiger partial charge in [-0.15, -0.1) is 22.7 Å². The highest BCUT2D eigenvalue weighted by Crippen LogP contribution is 2.40. The molecule has 3 aromatic rings. The first-order valence-electron chi connectivity index (χ1n) is 5.59. The molecular weight excluding hydrogens is 262 g/mol. The molecule has 3 nitrogen and oxygen atoms in total. The zero-order chi connectivity index (χ0) is 12.7. The highest BCUT2D eigenvalue weighted by Gasteiger charge is 2.19. The van der Waals surface area contributed by atoms with Crippen LogP contribution < -0.4 is 5.73 Å². The van der Waals surface area contributed by atoms with Gasteiger partial charge in [0.2, 0.25) is 0 Å². The summed E-state index contributed by atoms with van der Waals surface area (Å²) in [6.07, 6.45) is 0. The molecule has 5 heteroatoms. The molecule has 3 rings (SSSR count). The van der Waals surface area contributed by atoms with Gasteiger partial charge in [0.1, 0.15) is 11.5 Å². The Bertz CT molecular complexity index is 677. The van der Waals surface area contributed by atoms with E-state index in [0.717, 1.165) is 17.1 Å². The minimum Gasteiger partial charge on any atom is -0.383 e. The molecule has 0 aliphatic heterocycles. The molecule has 3 aromatic heterocycles. The lowest BCUT2D eigenvalue weighted by atomic mass is 10.1. The van der Waals surface area contributed by atoms with Crippen LogP contribution in [0.25, 0.3) is 21.0 Å². The Balaban J connectivity index is 2.28.